The van der Waals surface area contributed by atoms with E-state index in [0.717, 1.165) is 29.2 Å². The van der Waals surface area contributed by atoms with Crippen molar-refractivity contribution in [2.24, 2.45) is 5.92 Å². The lowest BCUT2D eigenvalue weighted by atomic mass is 9.83. The smallest absolute Gasteiger partial charge is 0.0890 e. The maximum absolute atomic E-state index is 4.70. The van der Waals surface area contributed by atoms with E-state index in [-0.39, 0.29) is 0 Å². The number of fused-ring (bicyclic) bond motifs is 1. The molecule has 1 saturated carbocycles. The summed E-state index contributed by atoms with van der Waals surface area (Å²) in [5.74, 6) is 0.845. The van der Waals surface area contributed by atoms with Crippen molar-refractivity contribution in [1.82, 2.24) is 15.3 Å². The molecule has 1 aliphatic carbocycles. The van der Waals surface area contributed by atoms with E-state index in [0.29, 0.717) is 6.04 Å². The van der Waals surface area contributed by atoms with E-state index in [1.807, 2.05) is 30.5 Å². The van der Waals surface area contributed by atoms with Gasteiger partial charge < -0.3 is 5.32 Å². The van der Waals surface area contributed by atoms with Crippen LogP contribution >= 0.6 is 0 Å². The number of hydrogen-bond acceptors (Lipinski definition) is 3. The molecule has 1 aliphatic rings. The number of rotatable bonds is 5. The van der Waals surface area contributed by atoms with Gasteiger partial charge in [-0.1, -0.05) is 38.3 Å². The highest BCUT2D eigenvalue weighted by Crippen LogP contribution is 2.27. The molecule has 1 fully saturated rings. The summed E-state index contributed by atoms with van der Waals surface area (Å²) < 4.78 is 0. The van der Waals surface area contributed by atoms with Gasteiger partial charge >= 0.3 is 0 Å². The molecule has 1 heterocycles. The molecule has 0 amide bonds. The lowest BCUT2D eigenvalue weighted by Gasteiger charge is -2.30. The molecule has 2 aromatic rings. The zero-order valence-corrected chi connectivity index (χ0v) is 12.9. The van der Waals surface area contributed by atoms with Crippen molar-refractivity contribution in [2.45, 2.75) is 58.0 Å². The summed E-state index contributed by atoms with van der Waals surface area (Å²) in [7, 11) is 0. The zero-order chi connectivity index (χ0) is 14.5. The van der Waals surface area contributed by atoms with Crippen LogP contribution in [0.3, 0.4) is 0 Å². The summed E-state index contributed by atoms with van der Waals surface area (Å²) in [5, 5.41) is 3.72. The van der Waals surface area contributed by atoms with E-state index in [1.54, 1.807) is 0 Å². The highest BCUT2D eigenvalue weighted by atomic mass is 14.9. The first-order valence-electron chi connectivity index (χ1n) is 8.31. The number of hydrogen-bond donors (Lipinski definition) is 1. The van der Waals surface area contributed by atoms with Gasteiger partial charge in [-0.05, 0) is 37.3 Å². The lowest BCUT2D eigenvalue weighted by molar-refractivity contribution is 0.261. The quantitative estimate of drug-likeness (QED) is 0.898. The van der Waals surface area contributed by atoms with Gasteiger partial charge in [-0.3, -0.25) is 4.98 Å². The van der Waals surface area contributed by atoms with Crippen LogP contribution in [0.1, 0.15) is 51.1 Å². The Bertz CT molecular complexity index is 575. The topological polar surface area (TPSA) is 37.8 Å². The molecular weight excluding hydrogens is 258 g/mol. The monoisotopic (exact) mass is 283 g/mol. The van der Waals surface area contributed by atoms with Gasteiger partial charge in [0, 0.05) is 12.6 Å². The SMILES string of the molecule is CCC(NCc1cnc2ccccc2n1)C1CCCCC1. The minimum atomic E-state index is 0.624. The molecule has 0 aliphatic heterocycles. The van der Waals surface area contributed by atoms with Gasteiger partial charge in [0.25, 0.3) is 0 Å². The van der Waals surface area contributed by atoms with E-state index in [9.17, 15) is 0 Å². The molecule has 1 atom stereocenters. The molecule has 1 unspecified atom stereocenters. The molecule has 0 saturated heterocycles. The number of para-hydroxylation sites is 2. The Morgan fingerprint density at radius 2 is 1.90 bits per heavy atom. The Hall–Kier alpha value is -1.48. The normalized spacial score (nSPS) is 18.0. The van der Waals surface area contributed by atoms with E-state index in [2.05, 4.69) is 17.2 Å². The third-order valence-corrected chi connectivity index (χ3v) is 4.70. The summed E-state index contributed by atoms with van der Waals surface area (Å²) >= 11 is 0. The largest absolute Gasteiger partial charge is 0.308 e. The van der Waals surface area contributed by atoms with Gasteiger partial charge in [0.2, 0.25) is 0 Å². The minimum Gasteiger partial charge on any atom is -0.308 e. The average Bonchev–Trinajstić information content (AvgIpc) is 2.56. The van der Waals surface area contributed by atoms with Crippen LogP contribution in [0, 0.1) is 5.92 Å². The van der Waals surface area contributed by atoms with E-state index in [1.165, 1.54) is 38.5 Å². The molecule has 3 nitrogen and oxygen atoms in total. The van der Waals surface area contributed by atoms with Crippen LogP contribution in [0.15, 0.2) is 30.5 Å². The highest BCUT2D eigenvalue weighted by molar-refractivity contribution is 5.73. The molecule has 1 aromatic carbocycles. The molecular formula is C18H25N3. The molecule has 21 heavy (non-hydrogen) atoms. The van der Waals surface area contributed by atoms with Gasteiger partial charge in [0.15, 0.2) is 0 Å². The minimum absolute atomic E-state index is 0.624. The van der Waals surface area contributed by atoms with Crippen molar-refractivity contribution >= 4 is 11.0 Å². The Morgan fingerprint density at radius 1 is 1.14 bits per heavy atom. The molecule has 0 radical (unpaired) electrons. The van der Waals surface area contributed by atoms with Crippen molar-refractivity contribution in [3.05, 3.63) is 36.2 Å². The second kappa shape index (κ2) is 6.99. The van der Waals surface area contributed by atoms with E-state index < -0.39 is 0 Å². The van der Waals surface area contributed by atoms with Crippen LogP contribution in [0.25, 0.3) is 11.0 Å². The number of aromatic nitrogens is 2. The summed E-state index contributed by atoms with van der Waals surface area (Å²) in [6.07, 6.45) is 10.1. The fourth-order valence-corrected chi connectivity index (χ4v) is 3.50. The second-order valence-corrected chi connectivity index (χ2v) is 6.14. The van der Waals surface area contributed by atoms with E-state index >= 15 is 0 Å². The van der Waals surface area contributed by atoms with Crippen molar-refractivity contribution in [3.63, 3.8) is 0 Å². The molecule has 112 valence electrons. The zero-order valence-electron chi connectivity index (χ0n) is 12.9. The fraction of sp³-hybridized carbons (Fsp3) is 0.556. The number of benzene rings is 1. The third-order valence-electron chi connectivity index (χ3n) is 4.70. The molecule has 3 rings (SSSR count). The Balaban J connectivity index is 1.64. The van der Waals surface area contributed by atoms with Crippen LogP contribution in [0.2, 0.25) is 0 Å². The molecule has 3 heteroatoms. The second-order valence-electron chi connectivity index (χ2n) is 6.14. The first-order chi connectivity index (χ1) is 10.4. The maximum atomic E-state index is 4.70. The van der Waals surface area contributed by atoms with Crippen LogP contribution in [-0.4, -0.2) is 16.0 Å². The predicted molar refractivity (Wildman–Crippen MR) is 87.0 cm³/mol. The summed E-state index contributed by atoms with van der Waals surface area (Å²) in [6.45, 7) is 3.12. The summed E-state index contributed by atoms with van der Waals surface area (Å²) in [4.78, 5) is 9.20. The molecule has 1 aromatic heterocycles. The van der Waals surface area contributed by atoms with Gasteiger partial charge in [0.05, 0.1) is 22.9 Å². The highest BCUT2D eigenvalue weighted by Gasteiger charge is 2.21. The number of nitrogens with one attached hydrogen (secondary N) is 1. The van der Waals surface area contributed by atoms with Crippen molar-refractivity contribution in [1.29, 1.82) is 0 Å². The first kappa shape index (κ1) is 14.5. The van der Waals surface area contributed by atoms with Crippen LogP contribution < -0.4 is 5.32 Å². The van der Waals surface area contributed by atoms with E-state index in [4.69, 9.17) is 4.98 Å². The summed E-state index contributed by atoms with van der Waals surface area (Å²) in [5.41, 5.74) is 3.01. The molecule has 0 bridgehead atoms. The standard InChI is InChI=1S/C18H25N3/c1-2-16(14-8-4-3-5-9-14)19-12-15-13-20-17-10-6-7-11-18(17)21-15/h6-7,10-11,13-14,16,19H,2-5,8-9,12H2,1H3. The Kier molecular flexibility index (Phi) is 4.81. The number of nitrogens with zero attached hydrogens (tertiary/aromatic N) is 2. The van der Waals surface area contributed by atoms with Crippen LogP contribution in [0.4, 0.5) is 0 Å². The summed E-state index contributed by atoms with van der Waals surface area (Å²) in [6, 6.07) is 8.69. The molecule has 0 spiro atoms. The Labute approximate surface area is 127 Å². The van der Waals surface area contributed by atoms with Crippen molar-refractivity contribution in [3.8, 4) is 0 Å². The van der Waals surface area contributed by atoms with Gasteiger partial charge in [-0.2, -0.15) is 0 Å². The van der Waals surface area contributed by atoms with Gasteiger partial charge in [0.1, 0.15) is 0 Å². The van der Waals surface area contributed by atoms with Gasteiger partial charge in [-0.25, -0.2) is 4.98 Å². The molecule has 1 N–H and O–H groups in total. The van der Waals surface area contributed by atoms with Crippen molar-refractivity contribution in [2.75, 3.05) is 0 Å². The van der Waals surface area contributed by atoms with Crippen molar-refractivity contribution < 1.29 is 0 Å². The van der Waals surface area contributed by atoms with Crippen LogP contribution in [0.5, 0.6) is 0 Å². The fourth-order valence-electron chi connectivity index (χ4n) is 3.50. The van der Waals surface area contributed by atoms with Crippen LogP contribution in [-0.2, 0) is 6.54 Å². The predicted octanol–water partition coefficient (Wildman–Crippen LogP) is 4.08. The third kappa shape index (κ3) is 3.59. The maximum Gasteiger partial charge on any atom is 0.0890 e. The first-order valence-corrected chi connectivity index (χ1v) is 8.31. The average molecular weight is 283 g/mol. The van der Waals surface area contributed by atoms with Gasteiger partial charge in [-0.15, -0.1) is 0 Å². The lowest BCUT2D eigenvalue weighted by Crippen LogP contribution is -2.36. The Morgan fingerprint density at radius 3 is 2.67 bits per heavy atom.